The van der Waals surface area contributed by atoms with E-state index in [1.807, 2.05) is 0 Å². The Morgan fingerprint density at radius 1 is 0.550 bits per heavy atom. The number of hydrogen-bond donors (Lipinski definition) is 0. The van der Waals surface area contributed by atoms with Gasteiger partial charge in [-0.05, 0) is 60.2 Å². The molecule has 0 spiro atoms. The first-order valence-electron chi connectivity index (χ1n) is 9.33. The molecular weight excluding hydrogens is 240 g/mol. The lowest BCUT2D eigenvalue weighted by Gasteiger charge is -2.16. The lowest BCUT2D eigenvalue weighted by Crippen LogP contribution is -2.08. The van der Waals surface area contributed by atoms with E-state index in [-0.39, 0.29) is 0 Å². The standard InChI is InChI=1S/2C10H20/c2*1-5-10-6-7(2)8(3)9(10)4/h2*7-10H,5-6H2,1-4H3/t7-,8?,9-,10+;7-,8-,9?,10+/m10/s1. The summed E-state index contributed by atoms with van der Waals surface area (Å²) < 4.78 is 0. The molecule has 0 aromatic rings. The summed E-state index contributed by atoms with van der Waals surface area (Å²) in [5.41, 5.74) is 0. The molecule has 20 heavy (non-hydrogen) atoms. The van der Waals surface area contributed by atoms with Gasteiger partial charge in [-0.1, -0.05) is 68.2 Å². The fourth-order valence-corrected chi connectivity index (χ4v) is 4.79. The van der Waals surface area contributed by atoms with Crippen molar-refractivity contribution in [3.63, 3.8) is 0 Å². The summed E-state index contributed by atoms with van der Waals surface area (Å²) in [5.74, 6) is 7.85. The first kappa shape index (κ1) is 18.1. The quantitative estimate of drug-likeness (QED) is 0.531. The Labute approximate surface area is 129 Å². The average molecular weight is 281 g/mol. The van der Waals surface area contributed by atoms with Crippen molar-refractivity contribution in [3.05, 3.63) is 0 Å². The van der Waals surface area contributed by atoms with E-state index >= 15 is 0 Å². The van der Waals surface area contributed by atoms with E-state index in [0.29, 0.717) is 0 Å². The van der Waals surface area contributed by atoms with Crippen molar-refractivity contribution in [1.82, 2.24) is 0 Å². The largest absolute Gasteiger partial charge is 0.0651 e. The number of hydrogen-bond acceptors (Lipinski definition) is 0. The monoisotopic (exact) mass is 280 g/mol. The van der Waals surface area contributed by atoms with E-state index in [4.69, 9.17) is 0 Å². The maximum atomic E-state index is 2.42. The summed E-state index contributed by atoms with van der Waals surface area (Å²) in [4.78, 5) is 0. The van der Waals surface area contributed by atoms with Gasteiger partial charge in [0.2, 0.25) is 0 Å². The van der Waals surface area contributed by atoms with Crippen molar-refractivity contribution >= 4 is 0 Å². The Morgan fingerprint density at radius 3 is 0.950 bits per heavy atom. The first-order chi connectivity index (χ1) is 9.33. The molecule has 0 heteroatoms. The second-order valence-electron chi connectivity index (χ2n) is 8.20. The second-order valence-corrected chi connectivity index (χ2v) is 8.20. The van der Waals surface area contributed by atoms with E-state index in [1.54, 1.807) is 0 Å². The molecule has 0 saturated heterocycles. The molecule has 2 rings (SSSR count). The maximum Gasteiger partial charge on any atom is -0.0386 e. The first-order valence-corrected chi connectivity index (χ1v) is 9.33. The minimum Gasteiger partial charge on any atom is -0.0651 e. The van der Waals surface area contributed by atoms with Gasteiger partial charge < -0.3 is 0 Å². The highest BCUT2D eigenvalue weighted by atomic mass is 14.4. The van der Waals surface area contributed by atoms with Crippen molar-refractivity contribution < 1.29 is 0 Å². The van der Waals surface area contributed by atoms with Crippen molar-refractivity contribution in [3.8, 4) is 0 Å². The summed E-state index contributed by atoms with van der Waals surface area (Å²) in [7, 11) is 0. The summed E-state index contributed by atoms with van der Waals surface area (Å²) in [6.07, 6.45) is 5.71. The number of rotatable bonds is 2. The van der Waals surface area contributed by atoms with Crippen LogP contribution in [0.5, 0.6) is 0 Å². The van der Waals surface area contributed by atoms with Gasteiger partial charge in [0, 0.05) is 0 Å². The van der Waals surface area contributed by atoms with Gasteiger partial charge >= 0.3 is 0 Å². The molecule has 8 atom stereocenters. The molecule has 0 heterocycles. The van der Waals surface area contributed by atoms with E-state index in [2.05, 4.69) is 55.4 Å². The van der Waals surface area contributed by atoms with Crippen LogP contribution in [0.4, 0.5) is 0 Å². The molecule has 0 aromatic heterocycles. The molecule has 0 amide bonds. The van der Waals surface area contributed by atoms with Crippen LogP contribution in [-0.2, 0) is 0 Å². The van der Waals surface area contributed by atoms with Crippen LogP contribution in [0, 0.1) is 47.3 Å². The smallest absolute Gasteiger partial charge is 0.0386 e. The zero-order chi connectivity index (χ0) is 15.4. The molecule has 0 N–H and O–H groups in total. The van der Waals surface area contributed by atoms with E-state index in [1.165, 1.54) is 25.7 Å². The third-order valence-corrected chi connectivity index (χ3v) is 7.34. The van der Waals surface area contributed by atoms with Gasteiger partial charge in [0.15, 0.2) is 0 Å². The van der Waals surface area contributed by atoms with E-state index in [0.717, 1.165) is 47.3 Å². The summed E-state index contributed by atoms with van der Waals surface area (Å²) >= 11 is 0. The molecular formula is C20H40. The molecule has 2 saturated carbocycles. The van der Waals surface area contributed by atoms with Crippen LogP contribution in [0.1, 0.15) is 81.1 Å². The minimum absolute atomic E-state index is 0.963. The molecule has 0 radical (unpaired) electrons. The molecule has 120 valence electrons. The molecule has 0 nitrogen and oxygen atoms in total. The predicted octanol–water partition coefficient (Wildman–Crippen LogP) is 6.65. The Hall–Kier alpha value is 0. The molecule has 2 aliphatic rings. The minimum atomic E-state index is 0.963. The van der Waals surface area contributed by atoms with Crippen molar-refractivity contribution in [1.29, 1.82) is 0 Å². The highest BCUT2D eigenvalue weighted by molar-refractivity contribution is 4.84. The van der Waals surface area contributed by atoms with Gasteiger partial charge in [-0.15, -0.1) is 0 Å². The SMILES string of the molecule is CC[C@@H]1C[C@H](C)[C@H](C)C1C.CC[C@H]1C[C@@H](C)C(C)[C@H]1C. The Balaban J connectivity index is 0.000000200. The van der Waals surface area contributed by atoms with Crippen LogP contribution >= 0.6 is 0 Å². The third kappa shape index (κ3) is 4.01. The summed E-state index contributed by atoms with van der Waals surface area (Å²) in [5, 5.41) is 0. The summed E-state index contributed by atoms with van der Waals surface area (Å²) in [6, 6.07) is 0. The fraction of sp³-hybridized carbons (Fsp3) is 1.00. The average Bonchev–Trinajstić information content (AvgIpc) is 2.84. The van der Waals surface area contributed by atoms with Gasteiger partial charge in [0.25, 0.3) is 0 Å². The van der Waals surface area contributed by atoms with Crippen LogP contribution < -0.4 is 0 Å². The van der Waals surface area contributed by atoms with Gasteiger partial charge in [-0.2, -0.15) is 0 Å². The highest BCUT2D eigenvalue weighted by Crippen LogP contribution is 2.42. The lowest BCUT2D eigenvalue weighted by atomic mass is 9.90. The van der Waals surface area contributed by atoms with Crippen LogP contribution in [0.2, 0.25) is 0 Å². The van der Waals surface area contributed by atoms with Crippen LogP contribution in [0.15, 0.2) is 0 Å². The van der Waals surface area contributed by atoms with Crippen LogP contribution in [-0.4, -0.2) is 0 Å². The van der Waals surface area contributed by atoms with Gasteiger partial charge in [0.05, 0.1) is 0 Å². The Kier molecular flexibility index (Phi) is 7.09. The topological polar surface area (TPSA) is 0 Å². The van der Waals surface area contributed by atoms with Gasteiger partial charge in [0.1, 0.15) is 0 Å². The van der Waals surface area contributed by atoms with Crippen molar-refractivity contribution in [2.24, 2.45) is 47.3 Å². The zero-order valence-corrected chi connectivity index (χ0v) is 15.4. The van der Waals surface area contributed by atoms with Gasteiger partial charge in [-0.3, -0.25) is 0 Å². The summed E-state index contributed by atoms with van der Waals surface area (Å²) in [6.45, 7) is 19.1. The lowest BCUT2D eigenvalue weighted by molar-refractivity contribution is 0.334. The molecule has 2 unspecified atom stereocenters. The Bertz CT molecular complexity index is 241. The highest BCUT2D eigenvalue weighted by Gasteiger charge is 2.34. The van der Waals surface area contributed by atoms with Crippen molar-refractivity contribution in [2.75, 3.05) is 0 Å². The maximum absolute atomic E-state index is 2.42. The molecule has 2 fully saturated rings. The van der Waals surface area contributed by atoms with Crippen LogP contribution in [0.25, 0.3) is 0 Å². The molecule has 0 aliphatic heterocycles. The second kappa shape index (κ2) is 7.85. The van der Waals surface area contributed by atoms with E-state index in [9.17, 15) is 0 Å². The van der Waals surface area contributed by atoms with Crippen LogP contribution in [0.3, 0.4) is 0 Å². The molecule has 0 aromatic carbocycles. The van der Waals surface area contributed by atoms with Gasteiger partial charge in [-0.25, -0.2) is 0 Å². The normalized spacial score (nSPS) is 48.0. The zero-order valence-electron chi connectivity index (χ0n) is 15.4. The Morgan fingerprint density at radius 2 is 0.850 bits per heavy atom. The molecule has 2 aliphatic carbocycles. The third-order valence-electron chi connectivity index (χ3n) is 7.34. The fourth-order valence-electron chi connectivity index (χ4n) is 4.79. The van der Waals surface area contributed by atoms with Crippen molar-refractivity contribution in [2.45, 2.75) is 81.1 Å². The molecule has 0 bridgehead atoms. The van der Waals surface area contributed by atoms with E-state index < -0.39 is 0 Å². The predicted molar refractivity (Wildman–Crippen MR) is 91.8 cm³/mol.